The molecule has 1 atom stereocenters. The number of aromatic nitrogens is 4. The average Bonchev–Trinajstić information content (AvgIpc) is 3.14. The molecule has 1 fully saturated rings. The van der Waals surface area contributed by atoms with E-state index < -0.39 is 0 Å². The molecule has 0 radical (unpaired) electrons. The van der Waals surface area contributed by atoms with E-state index >= 15 is 0 Å². The quantitative estimate of drug-likeness (QED) is 0.796. The number of fused-ring (bicyclic) bond motifs is 1. The zero-order valence-corrected chi connectivity index (χ0v) is 16.1. The molecule has 150 valence electrons. The van der Waals surface area contributed by atoms with Gasteiger partial charge in [-0.2, -0.15) is 10.2 Å². The first-order valence-electron chi connectivity index (χ1n) is 9.84. The number of hydrogen-bond donors (Lipinski definition) is 1. The van der Waals surface area contributed by atoms with Gasteiger partial charge in [-0.05, 0) is 25.7 Å². The van der Waals surface area contributed by atoms with Crippen molar-refractivity contribution >= 4 is 11.6 Å². The lowest BCUT2D eigenvalue weighted by atomic mass is 10.1. The van der Waals surface area contributed by atoms with Crippen LogP contribution >= 0.6 is 0 Å². The van der Waals surface area contributed by atoms with Crippen molar-refractivity contribution in [3.05, 3.63) is 40.1 Å². The minimum Gasteiger partial charge on any atom is -0.374 e. The van der Waals surface area contributed by atoms with Gasteiger partial charge in [0.05, 0.1) is 42.0 Å². The molecule has 0 unspecified atom stereocenters. The largest absolute Gasteiger partial charge is 0.374 e. The highest BCUT2D eigenvalue weighted by Gasteiger charge is 2.23. The number of amides is 1. The fourth-order valence-electron chi connectivity index (χ4n) is 3.81. The number of hydrogen-bond acceptors (Lipinski definition) is 6. The van der Waals surface area contributed by atoms with Gasteiger partial charge in [-0.1, -0.05) is 0 Å². The Morgan fingerprint density at radius 3 is 3.04 bits per heavy atom. The molecule has 0 saturated carbocycles. The molecule has 9 heteroatoms. The lowest BCUT2D eigenvalue weighted by Crippen LogP contribution is -2.44. The van der Waals surface area contributed by atoms with Crippen LogP contribution in [-0.4, -0.2) is 57.8 Å². The van der Waals surface area contributed by atoms with Crippen LogP contribution in [0.4, 0.5) is 5.69 Å². The number of ether oxygens (including phenoxy) is 1. The normalized spacial score (nSPS) is 19.3. The van der Waals surface area contributed by atoms with Crippen molar-refractivity contribution < 1.29 is 9.53 Å². The first kappa shape index (κ1) is 18.7. The van der Waals surface area contributed by atoms with Crippen LogP contribution in [0.15, 0.2) is 23.3 Å². The highest BCUT2D eigenvalue weighted by atomic mass is 16.5. The number of carbonyl (C=O) groups excluding carboxylic acids is 1. The van der Waals surface area contributed by atoms with Gasteiger partial charge in [0.1, 0.15) is 0 Å². The zero-order chi connectivity index (χ0) is 19.5. The Labute approximate surface area is 163 Å². The molecular formula is C19H26N6O3. The lowest BCUT2D eigenvalue weighted by molar-refractivity contribution is 0.0353. The van der Waals surface area contributed by atoms with Crippen molar-refractivity contribution in [3.63, 3.8) is 0 Å². The van der Waals surface area contributed by atoms with Gasteiger partial charge in [0, 0.05) is 39.3 Å². The Hall–Kier alpha value is -2.68. The zero-order valence-electron chi connectivity index (χ0n) is 16.1. The third-order valence-corrected chi connectivity index (χ3v) is 5.44. The number of morpholine rings is 1. The summed E-state index contributed by atoms with van der Waals surface area (Å²) in [5.41, 5.74) is 2.42. The van der Waals surface area contributed by atoms with Gasteiger partial charge in [-0.25, -0.2) is 4.68 Å². The van der Waals surface area contributed by atoms with E-state index in [2.05, 4.69) is 20.4 Å². The Bertz CT molecular complexity index is 905. The molecular weight excluding hydrogens is 360 g/mol. The molecule has 2 aliphatic rings. The summed E-state index contributed by atoms with van der Waals surface area (Å²) in [6.07, 6.45) is 7.23. The van der Waals surface area contributed by atoms with Gasteiger partial charge < -0.3 is 15.0 Å². The predicted molar refractivity (Wildman–Crippen MR) is 104 cm³/mol. The Morgan fingerprint density at radius 2 is 2.18 bits per heavy atom. The fraction of sp³-hybridized carbons (Fsp3) is 0.579. The molecule has 0 spiro atoms. The minimum atomic E-state index is -0.127. The molecule has 0 aromatic carbocycles. The number of rotatable bonds is 5. The van der Waals surface area contributed by atoms with E-state index in [9.17, 15) is 9.59 Å². The van der Waals surface area contributed by atoms with Crippen LogP contribution in [0.2, 0.25) is 0 Å². The number of aryl methyl sites for hydroxylation is 2. The molecule has 0 aliphatic carbocycles. The number of anilines is 1. The van der Waals surface area contributed by atoms with Crippen LogP contribution in [0.3, 0.4) is 0 Å². The third-order valence-electron chi connectivity index (χ3n) is 5.44. The van der Waals surface area contributed by atoms with Gasteiger partial charge in [-0.15, -0.1) is 0 Å². The summed E-state index contributed by atoms with van der Waals surface area (Å²) < 4.78 is 9.09. The van der Waals surface area contributed by atoms with Gasteiger partial charge in [0.15, 0.2) is 0 Å². The number of nitrogens with one attached hydrogen (secondary N) is 1. The SMILES string of the molecule is Cn1ncc(N2CCO[C@H](CCNC(=O)c3cnn4c3CCCC4)C2)cc1=O. The second-order valence-electron chi connectivity index (χ2n) is 7.34. The smallest absolute Gasteiger partial charge is 0.268 e. The van der Waals surface area contributed by atoms with Gasteiger partial charge >= 0.3 is 0 Å². The Balaban J connectivity index is 1.30. The molecule has 1 amide bonds. The van der Waals surface area contributed by atoms with E-state index in [1.54, 1.807) is 25.5 Å². The highest BCUT2D eigenvalue weighted by Crippen LogP contribution is 2.18. The summed E-state index contributed by atoms with van der Waals surface area (Å²) >= 11 is 0. The van der Waals surface area contributed by atoms with E-state index in [0.717, 1.165) is 43.7 Å². The van der Waals surface area contributed by atoms with Gasteiger partial charge in [-0.3, -0.25) is 14.3 Å². The van der Waals surface area contributed by atoms with Crippen molar-refractivity contribution in [2.75, 3.05) is 31.1 Å². The van der Waals surface area contributed by atoms with Crippen LogP contribution in [0.1, 0.15) is 35.3 Å². The molecule has 0 bridgehead atoms. The summed E-state index contributed by atoms with van der Waals surface area (Å²) in [6, 6.07) is 1.60. The third kappa shape index (κ3) is 3.94. The molecule has 1 saturated heterocycles. The average molecular weight is 386 g/mol. The van der Waals surface area contributed by atoms with Crippen molar-refractivity contribution in [3.8, 4) is 0 Å². The maximum Gasteiger partial charge on any atom is 0.268 e. The monoisotopic (exact) mass is 386 g/mol. The second-order valence-corrected chi connectivity index (χ2v) is 7.34. The number of nitrogens with zero attached hydrogens (tertiary/aromatic N) is 5. The van der Waals surface area contributed by atoms with Crippen LogP contribution in [0.5, 0.6) is 0 Å². The van der Waals surface area contributed by atoms with Crippen LogP contribution in [0, 0.1) is 0 Å². The molecule has 4 heterocycles. The van der Waals surface area contributed by atoms with Crippen molar-refractivity contribution in [2.24, 2.45) is 7.05 Å². The maximum absolute atomic E-state index is 12.5. The fourth-order valence-corrected chi connectivity index (χ4v) is 3.81. The highest BCUT2D eigenvalue weighted by molar-refractivity contribution is 5.95. The van der Waals surface area contributed by atoms with Gasteiger partial charge in [0.2, 0.25) is 0 Å². The van der Waals surface area contributed by atoms with Crippen molar-refractivity contribution in [2.45, 2.75) is 38.3 Å². The molecule has 1 N–H and O–H groups in total. The first-order chi connectivity index (χ1) is 13.6. The van der Waals surface area contributed by atoms with Gasteiger partial charge in [0.25, 0.3) is 11.5 Å². The minimum absolute atomic E-state index is 0.000754. The van der Waals surface area contributed by atoms with E-state index in [0.29, 0.717) is 31.7 Å². The summed E-state index contributed by atoms with van der Waals surface area (Å²) in [7, 11) is 1.63. The molecule has 9 nitrogen and oxygen atoms in total. The molecule has 28 heavy (non-hydrogen) atoms. The van der Waals surface area contributed by atoms with Crippen LogP contribution in [0.25, 0.3) is 0 Å². The predicted octanol–water partition coefficient (Wildman–Crippen LogP) is 0.338. The Morgan fingerprint density at radius 1 is 1.29 bits per heavy atom. The first-order valence-corrected chi connectivity index (χ1v) is 9.84. The van der Waals surface area contributed by atoms with E-state index in [1.807, 2.05) is 4.68 Å². The molecule has 2 aromatic heterocycles. The molecule has 2 aromatic rings. The maximum atomic E-state index is 12.5. The van der Waals surface area contributed by atoms with Crippen LogP contribution < -0.4 is 15.8 Å². The number of carbonyl (C=O) groups is 1. The van der Waals surface area contributed by atoms with E-state index in [-0.39, 0.29) is 17.6 Å². The standard InChI is InChI=1S/C19H26N6O3/c1-23-18(26)10-14(11-21-23)24-8-9-28-15(13-24)5-6-20-19(27)16-12-22-25-7-3-2-4-17(16)25/h10-12,15H,2-9,13H2,1H3,(H,20,27)/t15-/m1/s1. The molecule has 2 aliphatic heterocycles. The lowest BCUT2D eigenvalue weighted by Gasteiger charge is -2.34. The van der Waals surface area contributed by atoms with Crippen LogP contribution in [-0.2, 0) is 24.8 Å². The van der Waals surface area contributed by atoms with Crippen molar-refractivity contribution in [1.29, 1.82) is 0 Å². The van der Waals surface area contributed by atoms with E-state index in [4.69, 9.17) is 4.74 Å². The van der Waals surface area contributed by atoms with E-state index in [1.165, 1.54) is 4.68 Å². The summed E-state index contributed by atoms with van der Waals surface area (Å²) in [4.78, 5) is 26.4. The second kappa shape index (κ2) is 8.14. The summed E-state index contributed by atoms with van der Waals surface area (Å²) in [5.74, 6) is -0.0634. The summed E-state index contributed by atoms with van der Waals surface area (Å²) in [5, 5.41) is 11.4. The Kier molecular flexibility index (Phi) is 5.43. The summed E-state index contributed by atoms with van der Waals surface area (Å²) in [6.45, 7) is 3.42. The van der Waals surface area contributed by atoms with Crippen molar-refractivity contribution in [1.82, 2.24) is 24.9 Å². The topological polar surface area (TPSA) is 94.3 Å². The molecule has 4 rings (SSSR count).